The van der Waals surface area contributed by atoms with E-state index in [2.05, 4.69) is 29.1 Å². The Morgan fingerprint density at radius 3 is 2.65 bits per heavy atom. The van der Waals surface area contributed by atoms with Crippen LogP contribution in [0.4, 0.5) is 0 Å². The highest BCUT2D eigenvalue weighted by Crippen LogP contribution is 2.20. The second kappa shape index (κ2) is 8.39. The number of amides is 1. The van der Waals surface area contributed by atoms with E-state index in [4.69, 9.17) is 0 Å². The summed E-state index contributed by atoms with van der Waals surface area (Å²) in [6.07, 6.45) is 5.31. The molecule has 2 rings (SSSR count). The Morgan fingerprint density at radius 1 is 1.22 bits per heavy atom. The van der Waals surface area contributed by atoms with Gasteiger partial charge in [0.05, 0.1) is 18.3 Å². The smallest absolute Gasteiger partial charge is 0.234 e. The van der Waals surface area contributed by atoms with Gasteiger partial charge in [0, 0.05) is 25.1 Å². The Balaban J connectivity index is 1.92. The van der Waals surface area contributed by atoms with E-state index in [-0.39, 0.29) is 11.9 Å². The highest BCUT2D eigenvalue weighted by Gasteiger charge is 2.19. The summed E-state index contributed by atoms with van der Waals surface area (Å²) < 4.78 is 0. The molecule has 2 heterocycles. The van der Waals surface area contributed by atoms with Gasteiger partial charge in [-0.3, -0.25) is 19.7 Å². The van der Waals surface area contributed by atoms with Crippen LogP contribution in [0.25, 0.3) is 0 Å². The number of nitrogens with zero attached hydrogens (tertiary/aromatic N) is 3. The Hall–Kier alpha value is -2.27. The topological polar surface area (TPSA) is 58.1 Å². The Bertz CT molecular complexity index is 601. The summed E-state index contributed by atoms with van der Waals surface area (Å²) in [7, 11) is 1.92. The van der Waals surface area contributed by atoms with Gasteiger partial charge in [-0.15, -0.1) is 0 Å². The molecule has 0 aliphatic rings. The summed E-state index contributed by atoms with van der Waals surface area (Å²) in [5, 5.41) is 3.11. The summed E-state index contributed by atoms with van der Waals surface area (Å²) in [5.41, 5.74) is 1.98. The minimum atomic E-state index is -0.0283. The quantitative estimate of drug-likeness (QED) is 0.853. The van der Waals surface area contributed by atoms with E-state index in [0.717, 1.165) is 11.3 Å². The van der Waals surface area contributed by atoms with Crippen LogP contribution in [0, 0.1) is 5.92 Å². The van der Waals surface area contributed by atoms with Crippen molar-refractivity contribution in [3.8, 4) is 0 Å². The van der Waals surface area contributed by atoms with E-state index < -0.39 is 0 Å². The van der Waals surface area contributed by atoms with Gasteiger partial charge >= 0.3 is 0 Å². The zero-order valence-electron chi connectivity index (χ0n) is 13.9. The van der Waals surface area contributed by atoms with E-state index in [9.17, 15) is 4.79 Å². The lowest BCUT2D eigenvalue weighted by atomic mass is 9.97. The minimum Gasteiger partial charge on any atom is -0.348 e. The molecule has 0 unspecified atom stereocenters. The first kappa shape index (κ1) is 17.1. The average molecular weight is 312 g/mol. The highest BCUT2D eigenvalue weighted by molar-refractivity contribution is 5.78. The van der Waals surface area contributed by atoms with Crippen molar-refractivity contribution in [3.63, 3.8) is 0 Å². The molecule has 5 nitrogen and oxygen atoms in total. The monoisotopic (exact) mass is 312 g/mol. The van der Waals surface area contributed by atoms with Crippen molar-refractivity contribution in [2.24, 2.45) is 5.92 Å². The van der Waals surface area contributed by atoms with Crippen LogP contribution in [0.2, 0.25) is 0 Å². The van der Waals surface area contributed by atoms with Crippen molar-refractivity contribution in [1.29, 1.82) is 0 Å². The molecule has 0 radical (unpaired) electrons. The van der Waals surface area contributed by atoms with Crippen molar-refractivity contribution >= 4 is 5.91 Å². The third kappa shape index (κ3) is 5.45. The van der Waals surface area contributed by atoms with Crippen LogP contribution in [-0.2, 0) is 11.3 Å². The van der Waals surface area contributed by atoms with Gasteiger partial charge in [0.1, 0.15) is 0 Å². The molecule has 1 atom stereocenters. The fourth-order valence-corrected chi connectivity index (χ4v) is 2.48. The average Bonchev–Trinajstić information content (AvgIpc) is 2.54. The molecule has 23 heavy (non-hydrogen) atoms. The molecule has 5 heteroatoms. The second-order valence-corrected chi connectivity index (χ2v) is 6.07. The summed E-state index contributed by atoms with van der Waals surface area (Å²) in [6.45, 7) is 5.17. The fraction of sp³-hybridized carbons (Fsp3) is 0.389. The van der Waals surface area contributed by atoms with Gasteiger partial charge in [-0.25, -0.2) is 0 Å². The van der Waals surface area contributed by atoms with Gasteiger partial charge in [0.15, 0.2) is 0 Å². The Kier molecular flexibility index (Phi) is 6.23. The molecule has 0 aliphatic heterocycles. The number of nitrogens with one attached hydrogen (secondary N) is 1. The number of likely N-dealkylation sites (N-methyl/N-ethyl adjacent to an activating group) is 1. The van der Waals surface area contributed by atoms with E-state index in [1.807, 2.05) is 48.5 Å². The molecule has 1 N–H and O–H groups in total. The zero-order chi connectivity index (χ0) is 16.7. The maximum Gasteiger partial charge on any atom is 0.234 e. The van der Waals surface area contributed by atoms with Crippen LogP contribution in [0.5, 0.6) is 0 Å². The molecule has 0 aliphatic carbocycles. The highest BCUT2D eigenvalue weighted by atomic mass is 16.2. The summed E-state index contributed by atoms with van der Waals surface area (Å²) in [4.78, 5) is 22.7. The Labute approximate surface area is 137 Å². The van der Waals surface area contributed by atoms with E-state index >= 15 is 0 Å². The van der Waals surface area contributed by atoms with Gasteiger partial charge < -0.3 is 5.32 Å². The molecule has 0 bridgehead atoms. The molecule has 0 fully saturated rings. The largest absolute Gasteiger partial charge is 0.348 e. The number of pyridine rings is 2. The number of carbonyl (C=O) groups is 1. The van der Waals surface area contributed by atoms with Crippen LogP contribution in [0.3, 0.4) is 0 Å². The Morgan fingerprint density at radius 2 is 2.04 bits per heavy atom. The first-order valence-corrected chi connectivity index (χ1v) is 7.84. The van der Waals surface area contributed by atoms with Crippen molar-refractivity contribution in [3.05, 3.63) is 60.2 Å². The normalized spacial score (nSPS) is 12.4. The molecular formula is C18H24N4O. The number of carbonyl (C=O) groups excluding carboxylic acids is 1. The fourth-order valence-electron chi connectivity index (χ4n) is 2.48. The first-order chi connectivity index (χ1) is 11.1. The van der Waals surface area contributed by atoms with Crippen molar-refractivity contribution in [1.82, 2.24) is 20.2 Å². The van der Waals surface area contributed by atoms with Gasteiger partial charge in [-0.2, -0.15) is 0 Å². The summed E-state index contributed by atoms with van der Waals surface area (Å²) in [5.74, 6) is 0.301. The van der Waals surface area contributed by atoms with Gasteiger partial charge in [-0.1, -0.05) is 26.0 Å². The molecule has 1 amide bonds. The molecule has 2 aromatic heterocycles. The van der Waals surface area contributed by atoms with Crippen molar-refractivity contribution < 1.29 is 4.79 Å². The van der Waals surface area contributed by atoms with Crippen LogP contribution in [0.15, 0.2) is 48.9 Å². The molecule has 0 aromatic carbocycles. The third-order valence-corrected chi connectivity index (χ3v) is 3.60. The van der Waals surface area contributed by atoms with Crippen LogP contribution in [0.1, 0.15) is 31.1 Å². The number of hydrogen-bond acceptors (Lipinski definition) is 4. The third-order valence-electron chi connectivity index (χ3n) is 3.60. The lowest BCUT2D eigenvalue weighted by molar-refractivity contribution is -0.123. The predicted octanol–water partition coefficient (Wildman–Crippen LogP) is 2.42. The summed E-state index contributed by atoms with van der Waals surface area (Å²) in [6, 6.07) is 9.66. The maximum atomic E-state index is 12.3. The van der Waals surface area contributed by atoms with Crippen LogP contribution in [-0.4, -0.2) is 34.4 Å². The molecular weight excluding hydrogens is 288 g/mol. The van der Waals surface area contributed by atoms with Crippen LogP contribution >= 0.6 is 0 Å². The van der Waals surface area contributed by atoms with Gasteiger partial charge in [0.25, 0.3) is 0 Å². The predicted molar refractivity (Wildman–Crippen MR) is 90.5 cm³/mol. The minimum absolute atomic E-state index is 0.00554. The van der Waals surface area contributed by atoms with Crippen molar-refractivity contribution in [2.45, 2.75) is 26.4 Å². The van der Waals surface area contributed by atoms with E-state index in [1.165, 1.54) is 0 Å². The molecule has 0 saturated heterocycles. The van der Waals surface area contributed by atoms with Crippen molar-refractivity contribution in [2.75, 3.05) is 13.6 Å². The maximum absolute atomic E-state index is 12.3. The SMILES string of the molecule is CC(C)[C@@H](NC(=O)CN(C)Cc1ccccn1)c1cccnc1. The van der Waals surface area contributed by atoms with Gasteiger partial charge in [0.2, 0.25) is 5.91 Å². The van der Waals surface area contributed by atoms with Gasteiger partial charge in [-0.05, 0) is 36.7 Å². The lowest BCUT2D eigenvalue weighted by Crippen LogP contribution is -2.38. The number of rotatable bonds is 7. The molecule has 0 spiro atoms. The first-order valence-electron chi connectivity index (χ1n) is 7.84. The molecule has 122 valence electrons. The zero-order valence-corrected chi connectivity index (χ0v) is 13.9. The molecule has 0 saturated carbocycles. The van der Waals surface area contributed by atoms with E-state index in [0.29, 0.717) is 19.0 Å². The van der Waals surface area contributed by atoms with Crippen LogP contribution < -0.4 is 5.32 Å². The standard InChI is InChI=1S/C18H24N4O/c1-14(2)18(15-7-6-9-19-11-15)21-17(23)13-22(3)12-16-8-4-5-10-20-16/h4-11,14,18H,12-13H2,1-3H3,(H,21,23)/t18-/m1/s1. The summed E-state index contributed by atoms with van der Waals surface area (Å²) >= 11 is 0. The number of aromatic nitrogens is 2. The second-order valence-electron chi connectivity index (χ2n) is 6.07. The lowest BCUT2D eigenvalue weighted by Gasteiger charge is -2.24. The van der Waals surface area contributed by atoms with E-state index in [1.54, 1.807) is 12.4 Å². The number of hydrogen-bond donors (Lipinski definition) is 1. The molecule has 2 aromatic rings.